The first-order valence-electron chi connectivity index (χ1n) is 11.3. The molecular weight excluding hydrogens is 565 g/mol. The number of carbonyl (C=O) groups excluding carboxylic acids is 1. The number of aliphatic hydroxyl groups is 2. The fraction of sp³-hybridized carbons (Fsp3) is 0.476. The van der Waals surface area contributed by atoms with Crippen LogP contribution in [0.2, 0.25) is 10.2 Å². The van der Waals surface area contributed by atoms with E-state index < -0.39 is 36.4 Å². The van der Waals surface area contributed by atoms with Crippen LogP contribution in [0.25, 0.3) is 10.7 Å². The second-order valence-electron chi connectivity index (χ2n) is 8.37. The van der Waals surface area contributed by atoms with Crippen LogP contribution in [0.1, 0.15) is 23.0 Å². The van der Waals surface area contributed by atoms with Crippen molar-refractivity contribution in [3.63, 3.8) is 0 Å². The van der Waals surface area contributed by atoms with Crippen LogP contribution in [-0.4, -0.2) is 96.6 Å². The molecule has 3 N–H and O–H groups in total. The molecule has 12 nitrogen and oxygen atoms in total. The first-order valence-corrected chi connectivity index (χ1v) is 13.8. The van der Waals surface area contributed by atoms with Gasteiger partial charge in [0.25, 0.3) is 5.91 Å². The predicted octanol–water partition coefficient (Wildman–Crippen LogP) is 1.88. The van der Waals surface area contributed by atoms with E-state index in [4.69, 9.17) is 32.7 Å². The van der Waals surface area contributed by atoms with Gasteiger partial charge >= 0.3 is 0 Å². The third-order valence-corrected chi connectivity index (χ3v) is 8.57. The molecule has 0 saturated carbocycles. The van der Waals surface area contributed by atoms with Crippen molar-refractivity contribution in [1.29, 1.82) is 0 Å². The minimum atomic E-state index is -1.17. The Morgan fingerprint density at radius 3 is 2.86 bits per heavy atom. The Balaban J connectivity index is 1.44. The van der Waals surface area contributed by atoms with Crippen LogP contribution in [0, 0.1) is 0 Å². The molecule has 5 atom stereocenters. The number of thiazole rings is 1. The van der Waals surface area contributed by atoms with Crippen molar-refractivity contribution in [3.8, 4) is 10.7 Å². The lowest BCUT2D eigenvalue weighted by Gasteiger charge is -2.43. The summed E-state index contributed by atoms with van der Waals surface area (Å²) in [5, 5.41) is 34.1. The molecule has 37 heavy (non-hydrogen) atoms. The Bertz CT molecular complexity index is 1260. The molecule has 5 heterocycles. The first kappa shape index (κ1) is 26.7. The monoisotopic (exact) mass is 587 g/mol. The number of hydrazine groups is 1. The highest BCUT2D eigenvalue weighted by atomic mass is 35.5. The minimum absolute atomic E-state index is 0.173. The van der Waals surface area contributed by atoms with E-state index in [1.807, 2.05) is 0 Å². The molecule has 1 amide bonds. The number of methoxy groups -OCH3 is 1. The zero-order valence-electron chi connectivity index (χ0n) is 19.4. The lowest BCUT2D eigenvalue weighted by Crippen LogP contribution is -2.55. The number of nitrogens with zero attached hydrogens (tertiary/aromatic N) is 6. The summed E-state index contributed by atoms with van der Waals surface area (Å²) in [6.07, 6.45) is 1.14. The van der Waals surface area contributed by atoms with E-state index in [0.717, 1.165) is 31.3 Å². The summed E-state index contributed by atoms with van der Waals surface area (Å²) in [6, 6.07) is 0.837. The number of hydrogen-bond acceptors (Lipinski definition) is 12. The molecule has 5 rings (SSSR count). The first-order chi connectivity index (χ1) is 17.9. The van der Waals surface area contributed by atoms with E-state index in [1.165, 1.54) is 29.3 Å². The molecule has 2 aliphatic heterocycles. The van der Waals surface area contributed by atoms with Gasteiger partial charge in [0.05, 0.1) is 17.8 Å². The van der Waals surface area contributed by atoms with E-state index >= 15 is 0 Å². The highest BCUT2D eigenvalue weighted by molar-refractivity contribution is 8.00. The summed E-state index contributed by atoms with van der Waals surface area (Å²) < 4.78 is 13.3. The van der Waals surface area contributed by atoms with Crippen molar-refractivity contribution in [2.75, 3.05) is 26.8 Å². The predicted molar refractivity (Wildman–Crippen MR) is 136 cm³/mol. The lowest BCUT2D eigenvalue weighted by atomic mass is 9.97. The van der Waals surface area contributed by atoms with Crippen LogP contribution in [0.5, 0.6) is 0 Å². The number of thioether (sulfide) groups is 1. The van der Waals surface area contributed by atoms with Gasteiger partial charge in [-0.1, -0.05) is 40.2 Å². The average Bonchev–Trinajstić information content (AvgIpc) is 3.51. The van der Waals surface area contributed by atoms with E-state index in [2.05, 4.69) is 25.7 Å². The van der Waals surface area contributed by atoms with E-state index in [1.54, 1.807) is 22.7 Å². The lowest BCUT2D eigenvalue weighted by molar-refractivity contribution is -0.186. The fourth-order valence-corrected chi connectivity index (χ4v) is 6.46. The number of rotatable bonds is 8. The van der Waals surface area contributed by atoms with Crippen LogP contribution in [0.3, 0.4) is 0 Å². The second-order valence-corrected chi connectivity index (χ2v) is 11.2. The van der Waals surface area contributed by atoms with Gasteiger partial charge < -0.3 is 19.7 Å². The quantitative estimate of drug-likeness (QED) is 0.354. The normalized spacial score (nSPS) is 26.1. The highest BCUT2D eigenvalue weighted by Crippen LogP contribution is 2.41. The number of nitrogens with one attached hydrogen (secondary N) is 1. The molecule has 0 radical (unpaired) electrons. The highest BCUT2D eigenvalue weighted by Gasteiger charge is 2.48. The van der Waals surface area contributed by atoms with E-state index in [-0.39, 0.29) is 11.6 Å². The van der Waals surface area contributed by atoms with Crippen LogP contribution < -0.4 is 5.43 Å². The maximum Gasteiger partial charge on any atom is 0.285 e. The summed E-state index contributed by atoms with van der Waals surface area (Å²) in [6.45, 7) is 1.08. The van der Waals surface area contributed by atoms with Gasteiger partial charge in [-0.2, -0.15) is 0 Å². The Kier molecular flexibility index (Phi) is 8.28. The largest absolute Gasteiger partial charge is 0.394 e. The van der Waals surface area contributed by atoms with Crippen LogP contribution in [-0.2, 0) is 9.47 Å². The van der Waals surface area contributed by atoms with Gasteiger partial charge in [0, 0.05) is 36.7 Å². The van der Waals surface area contributed by atoms with Crippen molar-refractivity contribution in [2.24, 2.45) is 0 Å². The SMILES string of the molecule is CO[C@@H]1[C@@H](n2cc(-c3nc(Cl)cs3)nn2)[C@@H](O)[C@@H](CO)O[C@@H]1Sc1cc(Cl)cnc1C(=O)NN1CCC1. The molecule has 0 spiro atoms. The molecule has 0 aliphatic carbocycles. The smallest absolute Gasteiger partial charge is 0.285 e. The van der Waals surface area contributed by atoms with E-state index in [9.17, 15) is 15.0 Å². The average molecular weight is 588 g/mol. The molecule has 0 aromatic carbocycles. The molecule has 16 heteroatoms. The zero-order valence-corrected chi connectivity index (χ0v) is 22.5. The van der Waals surface area contributed by atoms with Crippen LogP contribution in [0.4, 0.5) is 0 Å². The number of amides is 1. The number of pyridine rings is 1. The fourth-order valence-electron chi connectivity index (χ4n) is 4.03. The molecule has 2 fully saturated rings. The second kappa shape index (κ2) is 11.5. The summed E-state index contributed by atoms with van der Waals surface area (Å²) in [7, 11) is 1.48. The Morgan fingerprint density at radius 1 is 1.41 bits per heavy atom. The topological polar surface area (TPSA) is 148 Å². The number of halogens is 2. The standard InChI is InChI=1S/C21H23Cl2N7O5S2/c1-34-18-16(30-7-11(26-28-30)20-25-14(23)9-36-20)17(32)12(8-31)35-21(18)37-13-5-10(22)6-24-15(13)19(33)27-29-3-2-4-29/h5-7,9,12,16-18,21,31-32H,2-4,8H2,1H3,(H,27,33)/t12-,16+,17+,18-,21-/m1/s1. The minimum Gasteiger partial charge on any atom is -0.394 e. The summed E-state index contributed by atoms with van der Waals surface area (Å²) in [5.41, 5.74) is 2.70. The third-order valence-electron chi connectivity index (χ3n) is 6.00. The van der Waals surface area contributed by atoms with E-state index in [0.29, 0.717) is 25.8 Å². The van der Waals surface area contributed by atoms with Gasteiger partial charge in [0.1, 0.15) is 51.3 Å². The molecule has 0 unspecified atom stereocenters. The zero-order chi connectivity index (χ0) is 26.1. The van der Waals surface area contributed by atoms with Gasteiger partial charge in [-0.05, 0) is 12.5 Å². The van der Waals surface area contributed by atoms with Gasteiger partial charge in [-0.3, -0.25) is 10.2 Å². The third kappa shape index (κ3) is 5.62. The summed E-state index contributed by atoms with van der Waals surface area (Å²) >= 11 is 14.6. The maximum atomic E-state index is 12.9. The van der Waals surface area contributed by atoms with Crippen molar-refractivity contribution in [2.45, 2.75) is 41.1 Å². The van der Waals surface area contributed by atoms with Crippen molar-refractivity contribution >= 4 is 52.2 Å². The molecule has 2 saturated heterocycles. The Labute approximate surface area is 229 Å². The molecule has 3 aromatic rings. The number of carbonyl (C=O) groups is 1. The molecule has 0 bridgehead atoms. The van der Waals surface area contributed by atoms with Crippen LogP contribution >= 0.6 is 46.3 Å². The van der Waals surface area contributed by atoms with Gasteiger partial charge in [0.2, 0.25) is 0 Å². The molecule has 198 valence electrons. The summed E-state index contributed by atoms with van der Waals surface area (Å²) in [4.78, 5) is 21.8. The Morgan fingerprint density at radius 2 is 2.22 bits per heavy atom. The van der Waals surface area contributed by atoms with Gasteiger partial charge in [0.15, 0.2) is 0 Å². The maximum absolute atomic E-state index is 12.9. The Hall–Kier alpha value is -1.88. The van der Waals surface area contributed by atoms with Crippen molar-refractivity contribution in [3.05, 3.63) is 39.7 Å². The van der Waals surface area contributed by atoms with Crippen molar-refractivity contribution in [1.82, 2.24) is 35.4 Å². The molecule has 2 aliphatic rings. The van der Waals surface area contributed by atoms with Gasteiger partial charge in [-0.15, -0.1) is 16.4 Å². The number of ether oxygens (including phenoxy) is 2. The molecular formula is C21H23Cl2N7O5S2. The summed E-state index contributed by atoms with van der Waals surface area (Å²) in [5.74, 6) is -0.373. The number of aromatic nitrogens is 5. The van der Waals surface area contributed by atoms with Crippen LogP contribution in [0.15, 0.2) is 28.7 Å². The van der Waals surface area contributed by atoms with Crippen molar-refractivity contribution < 1.29 is 24.5 Å². The molecule has 3 aromatic heterocycles. The number of aliphatic hydroxyl groups excluding tert-OH is 2. The number of hydrogen-bond donors (Lipinski definition) is 3. The van der Waals surface area contributed by atoms with Gasteiger partial charge in [-0.25, -0.2) is 19.7 Å².